The first-order valence-corrected chi connectivity index (χ1v) is 6.59. The second-order valence-corrected chi connectivity index (χ2v) is 4.70. The number of hydrogen-bond donors (Lipinski definition) is 1. The van der Waals surface area contributed by atoms with Gasteiger partial charge in [0, 0.05) is 6.54 Å². The highest BCUT2D eigenvalue weighted by molar-refractivity contribution is 5.44. The predicted molar refractivity (Wildman–Crippen MR) is 75.4 cm³/mol. The Kier molecular flexibility index (Phi) is 3.85. The van der Waals surface area contributed by atoms with Gasteiger partial charge in [-0.2, -0.15) is 0 Å². The molecule has 0 saturated heterocycles. The molecule has 0 bridgehead atoms. The van der Waals surface area contributed by atoms with Crippen LogP contribution in [0.2, 0.25) is 0 Å². The molecule has 4 heteroatoms. The van der Waals surface area contributed by atoms with E-state index in [4.69, 9.17) is 19.9 Å². The summed E-state index contributed by atoms with van der Waals surface area (Å²) >= 11 is 0. The lowest BCUT2D eigenvalue weighted by Gasteiger charge is -2.07. The Morgan fingerprint density at radius 3 is 2.50 bits per heavy atom. The highest BCUT2D eigenvalue weighted by atomic mass is 16.7. The van der Waals surface area contributed by atoms with Crippen molar-refractivity contribution in [3.05, 3.63) is 59.2 Å². The summed E-state index contributed by atoms with van der Waals surface area (Å²) in [7, 11) is 0. The summed E-state index contributed by atoms with van der Waals surface area (Å²) < 4.78 is 16.3. The maximum absolute atomic E-state index is 5.73. The fourth-order valence-corrected chi connectivity index (χ4v) is 2.16. The molecule has 2 aromatic rings. The second kappa shape index (κ2) is 5.94. The molecule has 0 saturated carbocycles. The molecule has 0 amide bonds. The quantitative estimate of drug-likeness (QED) is 0.908. The zero-order chi connectivity index (χ0) is 13.8. The molecule has 1 aliphatic rings. The topological polar surface area (TPSA) is 53.7 Å². The molecule has 0 spiro atoms. The molecule has 0 atom stereocenters. The van der Waals surface area contributed by atoms with Crippen LogP contribution < -0.4 is 15.2 Å². The van der Waals surface area contributed by atoms with Crippen LogP contribution in [0.25, 0.3) is 0 Å². The third-order valence-electron chi connectivity index (χ3n) is 3.20. The standard InChI is InChI=1S/C16H17NO3/c17-8-12-2-1-3-13(6-12)9-18-10-14-4-5-15-16(7-14)20-11-19-15/h1-7H,8-11,17H2. The van der Waals surface area contributed by atoms with E-state index >= 15 is 0 Å². The smallest absolute Gasteiger partial charge is 0.231 e. The van der Waals surface area contributed by atoms with E-state index in [-0.39, 0.29) is 0 Å². The Labute approximate surface area is 118 Å². The van der Waals surface area contributed by atoms with E-state index < -0.39 is 0 Å². The molecule has 2 aromatic carbocycles. The largest absolute Gasteiger partial charge is 0.454 e. The lowest BCUT2D eigenvalue weighted by Crippen LogP contribution is -1.99. The highest BCUT2D eigenvalue weighted by Gasteiger charge is 2.12. The number of ether oxygens (including phenoxy) is 3. The summed E-state index contributed by atoms with van der Waals surface area (Å²) in [5, 5.41) is 0. The minimum atomic E-state index is 0.297. The van der Waals surface area contributed by atoms with Gasteiger partial charge < -0.3 is 19.9 Å². The lowest BCUT2D eigenvalue weighted by atomic mass is 10.1. The number of rotatable bonds is 5. The molecule has 0 aromatic heterocycles. The Hall–Kier alpha value is -2.04. The molecule has 2 N–H and O–H groups in total. The first-order chi connectivity index (χ1) is 9.85. The van der Waals surface area contributed by atoms with Crippen molar-refractivity contribution in [1.29, 1.82) is 0 Å². The van der Waals surface area contributed by atoms with Gasteiger partial charge in [-0.1, -0.05) is 30.3 Å². The summed E-state index contributed by atoms with van der Waals surface area (Å²) in [5.74, 6) is 1.58. The Morgan fingerprint density at radius 2 is 1.65 bits per heavy atom. The number of benzene rings is 2. The van der Waals surface area contributed by atoms with Gasteiger partial charge in [-0.3, -0.25) is 0 Å². The van der Waals surface area contributed by atoms with Gasteiger partial charge in [-0.15, -0.1) is 0 Å². The van der Waals surface area contributed by atoms with E-state index in [0.29, 0.717) is 26.6 Å². The van der Waals surface area contributed by atoms with Crippen LogP contribution in [0.15, 0.2) is 42.5 Å². The minimum Gasteiger partial charge on any atom is -0.454 e. The van der Waals surface area contributed by atoms with E-state index in [9.17, 15) is 0 Å². The summed E-state index contributed by atoms with van der Waals surface area (Å²) in [6.07, 6.45) is 0. The molecular formula is C16H17NO3. The summed E-state index contributed by atoms with van der Waals surface area (Å²) in [5.41, 5.74) is 8.95. The highest BCUT2D eigenvalue weighted by Crippen LogP contribution is 2.32. The predicted octanol–water partition coefficient (Wildman–Crippen LogP) is 2.59. The zero-order valence-corrected chi connectivity index (χ0v) is 11.2. The maximum Gasteiger partial charge on any atom is 0.231 e. The van der Waals surface area contributed by atoms with Crippen molar-refractivity contribution in [2.45, 2.75) is 19.8 Å². The fourth-order valence-electron chi connectivity index (χ4n) is 2.16. The number of fused-ring (bicyclic) bond motifs is 1. The van der Waals surface area contributed by atoms with Crippen molar-refractivity contribution in [1.82, 2.24) is 0 Å². The van der Waals surface area contributed by atoms with Crippen molar-refractivity contribution in [2.75, 3.05) is 6.79 Å². The van der Waals surface area contributed by atoms with Crippen molar-refractivity contribution in [2.24, 2.45) is 5.73 Å². The van der Waals surface area contributed by atoms with Gasteiger partial charge >= 0.3 is 0 Å². The van der Waals surface area contributed by atoms with Gasteiger partial charge in [-0.05, 0) is 28.8 Å². The van der Waals surface area contributed by atoms with Crippen LogP contribution in [0.5, 0.6) is 11.5 Å². The summed E-state index contributed by atoms with van der Waals surface area (Å²) in [4.78, 5) is 0. The number of nitrogens with two attached hydrogens (primary N) is 1. The van der Waals surface area contributed by atoms with Gasteiger partial charge in [0.25, 0.3) is 0 Å². The third kappa shape index (κ3) is 2.92. The molecule has 4 nitrogen and oxygen atoms in total. The van der Waals surface area contributed by atoms with Gasteiger partial charge in [0.15, 0.2) is 11.5 Å². The number of hydrogen-bond acceptors (Lipinski definition) is 4. The van der Waals surface area contributed by atoms with Crippen LogP contribution in [0.3, 0.4) is 0 Å². The van der Waals surface area contributed by atoms with Crippen LogP contribution in [0.4, 0.5) is 0 Å². The Bertz CT molecular complexity index is 598. The second-order valence-electron chi connectivity index (χ2n) is 4.70. The van der Waals surface area contributed by atoms with Crippen molar-refractivity contribution in [3.8, 4) is 11.5 Å². The van der Waals surface area contributed by atoms with Crippen LogP contribution in [0.1, 0.15) is 16.7 Å². The average molecular weight is 271 g/mol. The Balaban J connectivity index is 1.57. The van der Waals surface area contributed by atoms with Gasteiger partial charge in [0.2, 0.25) is 6.79 Å². The van der Waals surface area contributed by atoms with Gasteiger partial charge in [-0.25, -0.2) is 0 Å². The monoisotopic (exact) mass is 271 g/mol. The molecule has 0 unspecified atom stereocenters. The lowest BCUT2D eigenvalue weighted by molar-refractivity contribution is 0.107. The van der Waals surface area contributed by atoms with Crippen LogP contribution in [-0.2, 0) is 24.5 Å². The SMILES string of the molecule is NCc1cccc(COCc2ccc3c(c2)OCO3)c1. The first-order valence-electron chi connectivity index (χ1n) is 6.59. The molecule has 1 heterocycles. The van der Waals surface area contributed by atoms with Crippen LogP contribution >= 0.6 is 0 Å². The van der Waals surface area contributed by atoms with Crippen molar-refractivity contribution >= 4 is 0 Å². The zero-order valence-electron chi connectivity index (χ0n) is 11.2. The van der Waals surface area contributed by atoms with E-state index in [2.05, 4.69) is 6.07 Å². The molecule has 0 radical (unpaired) electrons. The fraction of sp³-hybridized carbons (Fsp3) is 0.250. The summed E-state index contributed by atoms with van der Waals surface area (Å²) in [6.45, 7) is 1.97. The van der Waals surface area contributed by atoms with Crippen molar-refractivity contribution < 1.29 is 14.2 Å². The minimum absolute atomic E-state index is 0.297. The van der Waals surface area contributed by atoms with E-state index in [1.807, 2.05) is 36.4 Å². The average Bonchev–Trinajstić information content (AvgIpc) is 2.95. The van der Waals surface area contributed by atoms with Gasteiger partial charge in [0.05, 0.1) is 13.2 Å². The Morgan fingerprint density at radius 1 is 0.900 bits per heavy atom. The molecule has 0 aliphatic carbocycles. The normalized spacial score (nSPS) is 12.7. The summed E-state index contributed by atoms with van der Waals surface area (Å²) in [6, 6.07) is 14.0. The van der Waals surface area contributed by atoms with Crippen molar-refractivity contribution in [3.63, 3.8) is 0 Å². The van der Waals surface area contributed by atoms with Gasteiger partial charge in [0.1, 0.15) is 0 Å². The maximum atomic E-state index is 5.73. The molecule has 104 valence electrons. The van der Waals surface area contributed by atoms with Crippen LogP contribution in [-0.4, -0.2) is 6.79 Å². The molecular weight excluding hydrogens is 254 g/mol. The van der Waals surface area contributed by atoms with E-state index in [1.54, 1.807) is 0 Å². The third-order valence-corrected chi connectivity index (χ3v) is 3.20. The molecule has 20 heavy (non-hydrogen) atoms. The molecule has 3 rings (SSSR count). The van der Waals surface area contributed by atoms with Crippen LogP contribution in [0, 0.1) is 0 Å². The van der Waals surface area contributed by atoms with E-state index in [1.165, 1.54) is 0 Å². The van der Waals surface area contributed by atoms with E-state index in [0.717, 1.165) is 28.2 Å². The first kappa shape index (κ1) is 13.0. The molecule has 1 aliphatic heterocycles. The molecule has 0 fully saturated rings.